The Morgan fingerprint density at radius 1 is 0.328 bits per heavy atom. The molecular weight excluding hydrogens is 795 g/mol. The van der Waals surface area contributed by atoms with Gasteiger partial charge in [0.1, 0.15) is 19.8 Å². The normalized spacial score (nSPS) is 13.2. The molecule has 0 aromatic carbocycles. The Labute approximate surface area is 398 Å². The Morgan fingerprint density at radius 2 is 0.531 bits per heavy atom. The number of carbonyl (C=O) groups excluding carboxylic acids is 3. The van der Waals surface area contributed by atoms with Crippen LogP contribution in [0.3, 0.4) is 0 Å². The van der Waals surface area contributed by atoms with E-state index in [1.54, 1.807) is 0 Å². The maximum Gasteiger partial charge on any atom is 0.305 e. The fraction of sp³-hybridized carbons (Fsp3) is 0.947. The maximum absolute atomic E-state index is 13.2. The molecular formula is C57H109NO6. The monoisotopic (exact) mass is 904 g/mol. The average Bonchev–Trinajstić information content (AvgIpc) is 3.81. The third kappa shape index (κ3) is 39.5. The molecule has 1 rings (SSSR count). The van der Waals surface area contributed by atoms with E-state index in [1.807, 2.05) is 0 Å². The number of carbonyl (C=O) groups is 3. The van der Waals surface area contributed by atoms with Crippen molar-refractivity contribution in [3.63, 3.8) is 0 Å². The minimum Gasteiger partial charge on any atom is -0.465 e. The maximum atomic E-state index is 13.2. The molecule has 0 aromatic rings. The molecule has 1 aliphatic heterocycles. The molecule has 0 atom stereocenters. The highest BCUT2D eigenvalue weighted by molar-refractivity contribution is 5.70. The summed E-state index contributed by atoms with van der Waals surface area (Å²) in [5.74, 6) is -0.610. The molecule has 1 aliphatic rings. The molecule has 0 saturated carbocycles. The van der Waals surface area contributed by atoms with Crippen LogP contribution in [-0.2, 0) is 28.6 Å². The molecule has 0 N–H and O–H groups in total. The summed E-state index contributed by atoms with van der Waals surface area (Å²) < 4.78 is 18.0. The zero-order valence-corrected chi connectivity index (χ0v) is 43.3. The van der Waals surface area contributed by atoms with Gasteiger partial charge in [-0.05, 0) is 45.2 Å². The van der Waals surface area contributed by atoms with Gasteiger partial charge in [-0.1, -0.05) is 252 Å². The molecule has 7 nitrogen and oxygen atoms in total. The van der Waals surface area contributed by atoms with Gasteiger partial charge in [-0.25, -0.2) is 0 Å². The van der Waals surface area contributed by atoms with Gasteiger partial charge in [0, 0.05) is 25.8 Å². The van der Waals surface area contributed by atoms with Gasteiger partial charge in [-0.15, -0.1) is 0 Å². The lowest BCUT2D eigenvalue weighted by molar-refractivity contribution is -0.163. The van der Waals surface area contributed by atoms with Gasteiger partial charge in [0.15, 0.2) is 0 Å². The fourth-order valence-electron chi connectivity index (χ4n) is 9.46. The number of hydrogen-bond acceptors (Lipinski definition) is 7. The first-order valence-electron chi connectivity index (χ1n) is 28.6. The minimum absolute atomic E-state index is 0.0960. The Bertz CT molecular complexity index is 915. The lowest BCUT2D eigenvalue weighted by Crippen LogP contribution is -2.47. The summed E-state index contributed by atoms with van der Waals surface area (Å²) in [6, 6.07) is 0. The number of nitrogens with zero attached hydrogens (tertiary/aromatic N) is 1. The molecule has 0 radical (unpaired) electrons. The second-order valence-corrected chi connectivity index (χ2v) is 20.4. The molecule has 1 fully saturated rings. The van der Waals surface area contributed by atoms with Crippen LogP contribution < -0.4 is 0 Å². The van der Waals surface area contributed by atoms with Crippen molar-refractivity contribution >= 4 is 17.9 Å². The van der Waals surface area contributed by atoms with Crippen molar-refractivity contribution in [3.05, 3.63) is 0 Å². The predicted molar refractivity (Wildman–Crippen MR) is 272 cm³/mol. The Morgan fingerprint density at radius 3 is 0.750 bits per heavy atom. The van der Waals surface area contributed by atoms with Crippen LogP contribution in [0.2, 0.25) is 0 Å². The molecule has 0 spiro atoms. The van der Waals surface area contributed by atoms with Crippen LogP contribution in [0.5, 0.6) is 0 Å². The van der Waals surface area contributed by atoms with E-state index < -0.39 is 5.41 Å². The molecule has 0 bridgehead atoms. The summed E-state index contributed by atoms with van der Waals surface area (Å²) in [6.45, 7) is 9.59. The second-order valence-electron chi connectivity index (χ2n) is 20.4. The van der Waals surface area contributed by atoms with Crippen molar-refractivity contribution in [1.82, 2.24) is 4.90 Å². The number of rotatable bonds is 50. The van der Waals surface area contributed by atoms with E-state index in [4.69, 9.17) is 14.2 Å². The van der Waals surface area contributed by atoms with Crippen LogP contribution in [0, 0.1) is 5.41 Å². The highest BCUT2D eigenvalue weighted by Crippen LogP contribution is 2.26. The highest BCUT2D eigenvalue weighted by atomic mass is 16.6. The Kier molecular flexibility index (Phi) is 43.9. The van der Waals surface area contributed by atoms with E-state index in [0.717, 1.165) is 83.7 Å². The lowest BCUT2D eigenvalue weighted by Gasteiger charge is -2.35. The fourth-order valence-corrected chi connectivity index (χ4v) is 9.46. The third-order valence-electron chi connectivity index (χ3n) is 13.8. The summed E-state index contributed by atoms with van der Waals surface area (Å²) in [4.78, 5) is 41.8. The van der Waals surface area contributed by atoms with Crippen molar-refractivity contribution in [1.29, 1.82) is 0 Å². The summed E-state index contributed by atoms with van der Waals surface area (Å²) >= 11 is 0. The van der Waals surface area contributed by atoms with Gasteiger partial charge in [-0.3, -0.25) is 14.4 Å². The van der Waals surface area contributed by atoms with E-state index in [-0.39, 0.29) is 37.7 Å². The van der Waals surface area contributed by atoms with Gasteiger partial charge in [-0.2, -0.15) is 0 Å². The third-order valence-corrected chi connectivity index (χ3v) is 13.8. The second kappa shape index (κ2) is 46.5. The summed E-state index contributed by atoms with van der Waals surface area (Å²) in [7, 11) is 0. The van der Waals surface area contributed by atoms with Crippen LogP contribution in [0.4, 0.5) is 0 Å². The van der Waals surface area contributed by atoms with Crippen molar-refractivity contribution in [2.24, 2.45) is 5.41 Å². The van der Waals surface area contributed by atoms with Gasteiger partial charge < -0.3 is 19.1 Å². The highest BCUT2D eigenvalue weighted by Gasteiger charge is 2.38. The average molecular weight is 904 g/mol. The van der Waals surface area contributed by atoms with Crippen molar-refractivity contribution in [2.75, 3.05) is 39.5 Å². The van der Waals surface area contributed by atoms with Crippen molar-refractivity contribution in [3.8, 4) is 0 Å². The van der Waals surface area contributed by atoms with Crippen LogP contribution in [0.15, 0.2) is 0 Å². The van der Waals surface area contributed by atoms with Crippen LogP contribution in [-0.4, -0.2) is 62.3 Å². The van der Waals surface area contributed by atoms with Crippen LogP contribution >= 0.6 is 0 Å². The van der Waals surface area contributed by atoms with Gasteiger partial charge in [0.2, 0.25) is 0 Å². The minimum atomic E-state index is -0.784. The molecule has 7 heteroatoms. The first kappa shape index (κ1) is 60.4. The molecule has 0 unspecified atom stereocenters. The Hall–Kier alpha value is -1.63. The zero-order chi connectivity index (χ0) is 46.3. The molecule has 64 heavy (non-hydrogen) atoms. The quantitative estimate of drug-likeness (QED) is 0.0342. The topological polar surface area (TPSA) is 82.1 Å². The largest absolute Gasteiger partial charge is 0.465 e. The summed E-state index contributed by atoms with van der Waals surface area (Å²) in [6.07, 6.45) is 52.7. The van der Waals surface area contributed by atoms with Gasteiger partial charge >= 0.3 is 17.9 Å². The van der Waals surface area contributed by atoms with E-state index in [2.05, 4.69) is 25.7 Å². The van der Waals surface area contributed by atoms with Crippen LogP contribution in [0.25, 0.3) is 0 Å². The zero-order valence-electron chi connectivity index (χ0n) is 43.3. The number of esters is 3. The first-order valence-corrected chi connectivity index (χ1v) is 28.6. The van der Waals surface area contributed by atoms with E-state index in [0.29, 0.717) is 25.8 Å². The number of ether oxygens (including phenoxy) is 3. The van der Waals surface area contributed by atoms with Crippen molar-refractivity contribution in [2.45, 2.75) is 303 Å². The molecule has 0 amide bonds. The molecule has 0 aromatic heterocycles. The number of likely N-dealkylation sites (tertiary alicyclic amines) is 1. The van der Waals surface area contributed by atoms with E-state index in [9.17, 15) is 14.4 Å². The Balaban J connectivity index is 2.58. The summed E-state index contributed by atoms with van der Waals surface area (Å²) in [5, 5.41) is 0. The standard InChI is InChI=1S/C57H109NO6/c1-4-7-10-13-16-19-22-25-28-31-34-37-40-45-54(59)62-51-57(50-58-48-43-44-49-58,52-63-55(60)46-41-38-35-32-29-26-23-20-17-14-11-8-5-2)53-64-56(61)47-42-39-36-33-30-27-24-21-18-15-12-9-6-3/h4-53H2,1-3H3. The molecule has 0 aliphatic carbocycles. The van der Waals surface area contributed by atoms with Gasteiger partial charge in [0.25, 0.3) is 0 Å². The number of unbranched alkanes of at least 4 members (excludes halogenated alkanes) is 36. The molecule has 1 saturated heterocycles. The van der Waals surface area contributed by atoms with E-state index in [1.165, 1.54) is 193 Å². The lowest BCUT2D eigenvalue weighted by atomic mass is 9.90. The van der Waals surface area contributed by atoms with Gasteiger partial charge in [0.05, 0.1) is 5.41 Å². The van der Waals surface area contributed by atoms with E-state index >= 15 is 0 Å². The smallest absolute Gasteiger partial charge is 0.305 e. The first-order chi connectivity index (χ1) is 31.4. The molecule has 1 heterocycles. The van der Waals surface area contributed by atoms with Crippen LogP contribution in [0.1, 0.15) is 303 Å². The predicted octanol–water partition coefficient (Wildman–Crippen LogP) is 17.1. The van der Waals surface area contributed by atoms with Crippen molar-refractivity contribution < 1.29 is 28.6 Å². The summed E-state index contributed by atoms with van der Waals surface area (Å²) in [5.41, 5.74) is -0.784. The number of hydrogen-bond donors (Lipinski definition) is 0. The SMILES string of the molecule is CCCCCCCCCCCCCCCC(=O)OCC(COC(=O)CCCCCCCCCCCCCCC)(COC(=O)CCCCCCCCCCCCCCC)CN1CCCC1. The molecule has 378 valence electrons.